The largest absolute Gasteiger partial charge is 0.348 e. The molecule has 22 heavy (non-hydrogen) atoms. The van der Waals surface area contributed by atoms with E-state index < -0.39 is 10.0 Å². The zero-order valence-electron chi connectivity index (χ0n) is 12.3. The molecular weight excluding hydrogens is 322 g/mol. The lowest BCUT2D eigenvalue weighted by Gasteiger charge is -2.07. The van der Waals surface area contributed by atoms with Gasteiger partial charge in [0.1, 0.15) is 0 Å². The quantitative estimate of drug-likeness (QED) is 0.688. The van der Waals surface area contributed by atoms with E-state index in [1.165, 1.54) is 0 Å². The van der Waals surface area contributed by atoms with Crippen molar-refractivity contribution in [3.8, 4) is 0 Å². The second-order valence-corrected chi connectivity index (χ2v) is 7.49. The molecule has 5 nitrogen and oxygen atoms in total. The first-order valence-corrected chi connectivity index (χ1v) is 9.27. The van der Waals surface area contributed by atoms with Crippen molar-refractivity contribution in [2.24, 2.45) is 0 Å². The number of imidazole rings is 1. The SMILES string of the molecule is O=S(=O)(CCCCc1cnc[nH]1)NCCc1ccc(Cl)cc1. The average Bonchev–Trinajstić information content (AvgIpc) is 2.99. The lowest BCUT2D eigenvalue weighted by atomic mass is 10.2. The monoisotopic (exact) mass is 341 g/mol. The maximum atomic E-state index is 11.9. The summed E-state index contributed by atoms with van der Waals surface area (Å²) in [6, 6.07) is 7.42. The highest BCUT2D eigenvalue weighted by Crippen LogP contribution is 2.09. The fourth-order valence-corrected chi connectivity index (χ4v) is 3.37. The molecule has 2 N–H and O–H groups in total. The van der Waals surface area contributed by atoms with Crippen LogP contribution in [0, 0.1) is 0 Å². The van der Waals surface area contributed by atoms with Gasteiger partial charge in [-0.1, -0.05) is 23.7 Å². The van der Waals surface area contributed by atoms with Crippen molar-refractivity contribution in [1.82, 2.24) is 14.7 Å². The molecule has 0 amide bonds. The molecule has 0 saturated carbocycles. The molecule has 0 atom stereocenters. The summed E-state index contributed by atoms with van der Waals surface area (Å²) >= 11 is 5.81. The zero-order chi connectivity index (χ0) is 15.8. The smallest absolute Gasteiger partial charge is 0.211 e. The predicted molar refractivity (Wildman–Crippen MR) is 88.5 cm³/mol. The van der Waals surface area contributed by atoms with E-state index in [1.807, 2.05) is 12.1 Å². The molecule has 0 bridgehead atoms. The molecule has 0 aliphatic carbocycles. The summed E-state index contributed by atoms with van der Waals surface area (Å²) in [6.45, 7) is 0.407. The Hall–Kier alpha value is -1.37. The van der Waals surface area contributed by atoms with Crippen molar-refractivity contribution in [2.75, 3.05) is 12.3 Å². The van der Waals surface area contributed by atoms with Crippen LogP contribution in [0.2, 0.25) is 5.02 Å². The number of H-pyrrole nitrogens is 1. The highest BCUT2D eigenvalue weighted by molar-refractivity contribution is 7.89. The van der Waals surface area contributed by atoms with Gasteiger partial charge in [0.25, 0.3) is 0 Å². The number of hydrogen-bond acceptors (Lipinski definition) is 3. The Bertz CT molecular complexity index is 655. The van der Waals surface area contributed by atoms with Gasteiger partial charge in [-0.2, -0.15) is 0 Å². The van der Waals surface area contributed by atoms with Crippen molar-refractivity contribution in [3.05, 3.63) is 53.1 Å². The van der Waals surface area contributed by atoms with Gasteiger partial charge >= 0.3 is 0 Å². The summed E-state index contributed by atoms with van der Waals surface area (Å²) in [5.41, 5.74) is 2.10. The molecule has 2 rings (SSSR count). The standard InChI is InChI=1S/C15H20ClN3O2S/c16-14-6-4-13(5-7-14)8-9-19-22(20,21)10-2-1-3-15-11-17-12-18-15/h4-7,11-12,19H,1-3,8-10H2,(H,17,18). The number of halogens is 1. The molecule has 7 heteroatoms. The Morgan fingerprint density at radius 1 is 1.14 bits per heavy atom. The molecule has 1 aromatic carbocycles. The minimum Gasteiger partial charge on any atom is -0.348 e. The van der Waals surface area contributed by atoms with Gasteiger partial charge in [-0.3, -0.25) is 0 Å². The van der Waals surface area contributed by atoms with Crippen LogP contribution < -0.4 is 4.72 Å². The van der Waals surface area contributed by atoms with Crippen molar-refractivity contribution in [3.63, 3.8) is 0 Å². The Morgan fingerprint density at radius 2 is 1.91 bits per heavy atom. The number of aryl methyl sites for hydroxylation is 1. The third-order valence-corrected chi connectivity index (χ3v) is 5.04. The Balaban J connectivity index is 1.64. The van der Waals surface area contributed by atoms with Crippen LogP contribution in [0.4, 0.5) is 0 Å². The molecule has 120 valence electrons. The molecule has 0 saturated heterocycles. The summed E-state index contributed by atoms with van der Waals surface area (Å²) in [7, 11) is -3.20. The summed E-state index contributed by atoms with van der Waals surface area (Å²) < 4.78 is 26.4. The van der Waals surface area contributed by atoms with E-state index in [0.717, 1.165) is 24.1 Å². The average molecular weight is 342 g/mol. The highest BCUT2D eigenvalue weighted by atomic mass is 35.5. The van der Waals surface area contributed by atoms with Gasteiger partial charge in [-0.05, 0) is 43.4 Å². The van der Waals surface area contributed by atoms with Crippen molar-refractivity contribution >= 4 is 21.6 Å². The van der Waals surface area contributed by atoms with Crippen LogP contribution in [0.5, 0.6) is 0 Å². The van der Waals surface area contributed by atoms with Gasteiger partial charge in [-0.25, -0.2) is 18.1 Å². The first-order chi connectivity index (χ1) is 10.6. The van der Waals surface area contributed by atoms with E-state index >= 15 is 0 Å². The third kappa shape index (κ3) is 6.17. The maximum Gasteiger partial charge on any atom is 0.211 e. The Kier molecular flexibility index (Phi) is 6.42. The minimum atomic E-state index is -3.20. The fourth-order valence-electron chi connectivity index (χ4n) is 2.10. The number of nitrogens with one attached hydrogen (secondary N) is 2. The number of nitrogens with zero attached hydrogens (tertiary/aromatic N) is 1. The highest BCUT2D eigenvalue weighted by Gasteiger charge is 2.09. The third-order valence-electron chi connectivity index (χ3n) is 3.31. The van der Waals surface area contributed by atoms with Gasteiger partial charge in [0.2, 0.25) is 10.0 Å². The number of benzene rings is 1. The van der Waals surface area contributed by atoms with E-state index in [4.69, 9.17) is 11.6 Å². The lowest BCUT2D eigenvalue weighted by molar-refractivity contribution is 0.577. The molecular formula is C15H20ClN3O2S. The van der Waals surface area contributed by atoms with Crippen LogP contribution in [0.1, 0.15) is 24.1 Å². The van der Waals surface area contributed by atoms with Crippen LogP contribution >= 0.6 is 11.6 Å². The fraction of sp³-hybridized carbons (Fsp3) is 0.400. The zero-order valence-corrected chi connectivity index (χ0v) is 13.8. The Labute approximate surface area is 136 Å². The molecule has 1 aromatic heterocycles. The van der Waals surface area contributed by atoms with Gasteiger partial charge < -0.3 is 4.98 Å². The normalized spacial score (nSPS) is 11.7. The molecule has 0 fully saturated rings. The number of aromatic amines is 1. The van der Waals surface area contributed by atoms with Crippen LogP contribution in [0.15, 0.2) is 36.8 Å². The van der Waals surface area contributed by atoms with Crippen molar-refractivity contribution in [2.45, 2.75) is 25.7 Å². The number of unbranched alkanes of at least 4 members (excludes halogenated alkanes) is 1. The molecule has 1 heterocycles. The maximum absolute atomic E-state index is 11.9. The lowest BCUT2D eigenvalue weighted by Crippen LogP contribution is -2.28. The summed E-state index contributed by atoms with van der Waals surface area (Å²) in [4.78, 5) is 6.94. The molecule has 0 unspecified atom stereocenters. The van der Waals surface area contributed by atoms with E-state index in [9.17, 15) is 8.42 Å². The van der Waals surface area contributed by atoms with Crippen molar-refractivity contribution < 1.29 is 8.42 Å². The van der Waals surface area contributed by atoms with Crippen LogP contribution in [0.25, 0.3) is 0 Å². The van der Waals surface area contributed by atoms with Gasteiger partial charge in [0.05, 0.1) is 12.1 Å². The van der Waals surface area contributed by atoms with Gasteiger partial charge in [0.15, 0.2) is 0 Å². The second-order valence-electron chi connectivity index (χ2n) is 5.12. The van der Waals surface area contributed by atoms with E-state index in [2.05, 4.69) is 14.7 Å². The number of hydrogen-bond donors (Lipinski definition) is 2. The summed E-state index contributed by atoms with van der Waals surface area (Å²) in [6.07, 6.45) is 6.32. The number of sulfonamides is 1. The molecule has 0 aliphatic rings. The van der Waals surface area contributed by atoms with E-state index in [1.54, 1.807) is 24.7 Å². The summed E-state index contributed by atoms with van der Waals surface area (Å²) in [5, 5.41) is 0.682. The van der Waals surface area contributed by atoms with E-state index in [0.29, 0.717) is 24.4 Å². The predicted octanol–water partition coefficient (Wildman–Crippen LogP) is 2.55. The van der Waals surface area contributed by atoms with E-state index in [-0.39, 0.29) is 5.75 Å². The molecule has 2 aromatic rings. The molecule has 0 aliphatic heterocycles. The number of aromatic nitrogens is 2. The first-order valence-electron chi connectivity index (χ1n) is 7.24. The molecule has 0 radical (unpaired) electrons. The van der Waals surface area contributed by atoms with Crippen LogP contribution in [0.3, 0.4) is 0 Å². The minimum absolute atomic E-state index is 0.155. The Morgan fingerprint density at radius 3 is 2.59 bits per heavy atom. The van der Waals surface area contributed by atoms with Gasteiger partial charge in [-0.15, -0.1) is 0 Å². The topological polar surface area (TPSA) is 74.8 Å². The first kappa shape index (κ1) is 17.0. The van der Waals surface area contributed by atoms with Crippen LogP contribution in [-0.2, 0) is 22.9 Å². The second kappa shape index (κ2) is 8.31. The van der Waals surface area contributed by atoms with Crippen LogP contribution in [-0.4, -0.2) is 30.7 Å². The number of rotatable bonds is 9. The summed E-state index contributed by atoms with van der Waals surface area (Å²) in [5.74, 6) is 0.155. The molecule has 0 spiro atoms. The van der Waals surface area contributed by atoms with Gasteiger partial charge in [0, 0.05) is 23.5 Å². The van der Waals surface area contributed by atoms with Crippen molar-refractivity contribution in [1.29, 1.82) is 0 Å².